The van der Waals surface area contributed by atoms with Crippen molar-refractivity contribution in [3.63, 3.8) is 0 Å². The van der Waals surface area contributed by atoms with Gasteiger partial charge < -0.3 is 9.57 Å². The van der Waals surface area contributed by atoms with Gasteiger partial charge in [-0.1, -0.05) is 17.2 Å². The summed E-state index contributed by atoms with van der Waals surface area (Å²) >= 11 is 0. The summed E-state index contributed by atoms with van der Waals surface area (Å²) in [5, 5.41) is 4.63. The van der Waals surface area contributed by atoms with Crippen molar-refractivity contribution in [3.05, 3.63) is 53.3 Å². The van der Waals surface area contributed by atoms with Crippen molar-refractivity contribution in [2.24, 2.45) is 0 Å². The fourth-order valence-corrected chi connectivity index (χ4v) is 2.99. The zero-order valence-corrected chi connectivity index (χ0v) is 13.3. The normalized spacial score (nSPS) is 19.4. The fourth-order valence-electron chi connectivity index (χ4n) is 2.99. The molecule has 8 heteroatoms. The van der Waals surface area contributed by atoms with E-state index in [4.69, 9.17) is 9.57 Å². The topological polar surface area (TPSA) is 90.7 Å². The van der Waals surface area contributed by atoms with Gasteiger partial charge in [-0.05, 0) is 24.1 Å². The molecule has 25 heavy (non-hydrogen) atoms. The molecule has 1 saturated heterocycles. The van der Waals surface area contributed by atoms with Crippen LogP contribution in [-0.4, -0.2) is 45.8 Å². The van der Waals surface area contributed by atoms with E-state index in [1.165, 1.54) is 16.8 Å². The van der Waals surface area contributed by atoms with Crippen molar-refractivity contribution in [1.29, 1.82) is 0 Å². The molecule has 0 radical (unpaired) electrons. The minimum atomic E-state index is -0.744. The molecule has 0 aliphatic carbocycles. The monoisotopic (exact) mass is 341 g/mol. The molecule has 0 spiro atoms. The van der Waals surface area contributed by atoms with Crippen LogP contribution in [0.1, 0.15) is 38.6 Å². The van der Waals surface area contributed by atoms with Gasteiger partial charge in [0.05, 0.1) is 23.9 Å². The van der Waals surface area contributed by atoms with Gasteiger partial charge in [0.25, 0.3) is 11.8 Å². The number of imide groups is 1. The smallest absolute Gasteiger partial charge is 0.354 e. The van der Waals surface area contributed by atoms with Gasteiger partial charge >= 0.3 is 5.97 Å². The number of aromatic nitrogens is 2. The molecule has 1 atom stereocenters. The number of fused-ring (bicyclic) bond motifs is 1. The lowest BCUT2D eigenvalue weighted by atomic mass is 10.0. The third-order valence-electron chi connectivity index (χ3n) is 4.30. The highest BCUT2D eigenvalue weighted by Crippen LogP contribution is 2.25. The summed E-state index contributed by atoms with van der Waals surface area (Å²) in [6, 6.07) is 6.33. The number of hydrogen-bond donors (Lipinski definition) is 0. The lowest BCUT2D eigenvalue weighted by Crippen LogP contribution is -2.34. The molecule has 3 heterocycles. The highest BCUT2D eigenvalue weighted by Gasteiger charge is 2.38. The van der Waals surface area contributed by atoms with E-state index in [-0.39, 0.29) is 23.6 Å². The Morgan fingerprint density at radius 1 is 1.24 bits per heavy atom. The second-order valence-corrected chi connectivity index (χ2v) is 5.95. The van der Waals surface area contributed by atoms with Crippen LogP contribution in [0.3, 0.4) is 0 Å². The van der Waals surface area contributed by atoms with Crippen molar-refractivity contribution in [2.45, 2.75) is 18.9 Å². The quantitative estimate of drug-likeness (QED) is 0.775. The van der Waals surface area contributed by atoms with Crippen LogP contribution in [0, 0.1) is 0 Å². The first kappa shape index (κ1) is 15.5. The predicted molar refractivity (Wildman–Crippen MR) is 83.4 cm³/mol. The molecule has 8 nitrogen and oxygen atoms in total. The number of ether oxygens (including phenoxy) is 1. The SMILES string of the molecule is O=C(Cn1cc(C2CCOC2)cn1)ON1C(=O)c2ccccc2C1=O. The molecule has 1 fully saturated rings. The van der Waals surface area contributed by atoms with Crippen LogP contribution in [0.5, 0.6) is 0 Å². The van der Waals surface area contributed by atoms with Crippen molar-refractivity contribution < 1.29 is 24.0 Å². The molecule has 2 aromatic rings. The van der Waals surface area contributed by atoms with Crippen LogP contribution >= 0.6 is 0 Å². The second-order valence-electron chi connectivity index (χ2n) is 5.95. The summed E-state index contributed by atoms with van der Waals surface area (Å²) in [6.45, 7) is 1.17. The first-order valence-electron chi connectivity index (χ1n) is 7.92. The van der Waals surface area contributed by atoms with E-state index in [1.807, 2.05) is 0 Å². The van der Waals surface area contributed by atoms with E-state index in [0.717, 1.165) is 18.6 Å². The van der Waals surface area contributed by atoms with Gasteiger partial charge in [-0.2, -0.15) is 5.10 Å². The number of amides is 2. The summed E-state index contributed by atoms with van der Waals surface area (Å²) < 4.78 is 6.76. The maximum absolute atomic E-state index is 12.2. The minimum absolute atomic E-state index is 0.193. The van der Waals surface area contributed by atoms with Gasteiger partial charge in [-0.15, -0.1) is 0 Å². The van der Waals surface area contributed by atoms with Crippen molar-refractivity contribution >= 4 is 17.8 Å². The first-order valence-corrected chi connectivity index (χ1v) is 7.92. The molecule has 4 rings (SSSR count). The Morgan fingerprint density at radius 3 is 2.60 bits per heavy atom. The molecule has 0 saturated carbocycles. The molecule has 1 unspecified atom stereocenters. The Kier molecular flexibility index (Phi) is 3.81. The predicted octanol–water partition coefficient (Wildman–Crippen LogP) is 1.14. The van der Waals surface area contributed by atoms with Gasteiger partial charge in [0.15, 0.2) is 0 Å². The Morgan fingerprint density at radius 2 is 1.96 bits per heavy atom. The van der Waals surface area contributed by atoms with E-state index in [0.29, 0.717) is 11.7 Å². The number of rotatable bonds is 4. The number of nitrogens with zero attached hydrogens (tertiary/aromatic N) is 3. The largest absolute Gasteiger partial charge is 0.381 e. The molecule has 2 aliphatic heterocycles. The van der Waals surface area contributed by atoms with Gasteiger partial charge in [-0.3, -0.25) is 14.3 Å². The van der Waals surface area contributed by atoms with E-state index in [9.17, 15) is 14.4 Å². The Labute approximate surface area is 142 Å². The van der Waals surface area contributed by atoms with Gasteiger partial charge in [0.2, 0.25) is 0 Å². The van der Waals surface area contributed by atoms with E-state index in [1.54, 1.807) is 24.5 Å². The fraction of sp³-hybridized carbons (Fsp3) is 0.294. The number of carbonyl (C=O) groups is 3. The van der Waals surface area contributed by atoms with Crippen LogP contribution in [0.15, 0.2) is 36.7 Å². The minimum Gasteiger partial charge on any atom is -0.381 e. The average Bonchev–Trinajstić information content (AvgIpc) is 3.33. The molecule has 1 aromatic carbocycles. The maximum Gasteiger partial charge on any atom is 0.354 e. The Balaban J connectivity index is 1.41. The second kappa shape index (κ2) is 6.14. The molecular weight excluding hydrogens is 326 g/mol. The van der Waals surface area contributed by atoms with Crippen LogP contribution in [0.4, 0.5) is 0 Å². The third-order valence-corrected chi connectivity index (χ3v) is 4.30. The molecule has 128 valence electrons. The highest BCUT2D eigenvalue weighted by molar-refractivity contribution is 6.20. The summed E-state index contributed by atoms with van der Waals surface area (Å²) in [6.07, 6.45) is 4.36. The zero-order valence-electron chi connectivity index (χ0n) is 13.3. The number of hydroxylamine groups is 2. The van der Waals surface area contributed by atoms with Crippen LogP contribution in [-0.2, 0) is 20.9 Å². The number of benzene rings is 1. The standard InChI is InChI=1S/C17H15N3O5/c21-15(9-19-8-12(7-18-19)11-5-6-24-10-11)25-20-16(22)13-3-1-2-4-14(13)17(20)23/h1-4,7-8,11H,5-6,9-10H2. The van der Waals surface area contributed by atoms with Crippen LogP contribution in [0.25, 0.3) is 0 Å². The summed E-state index contributed by atoms with van der Waals surface area (Å²) in [5.74, 6) is -1.75. The summed E-state index contributed by atoms with van der Waals surface area (Å²) in [5.41, 5.74) is 1.44. The molecule has 2 aliphatic rings. The maximum atomic E-state index is 12.2. The molecule has 1 aromatic heterocycles. The highest BCUT2D eigenvalue weighted by atomic mass is 16.7. The van der Waals surface area contributed by atoms with Crippen LogP contribution < -0.4 is 0 Å². The molecule has 0 N–H and O–H groups in total. The summed E-state index contributed by atoms with van der Waals surface area (Å²) in [4.78, 5) is 41.4. The summed E-state index contributed by atoms with van der Waals surface area (Å²) in [7, 11) is 0. The van der Waals surface area contributed by atoms with E-state index >= 15 is 0 Å². The molecule has 0 bridgehead atoms. The van der Waals surface area contributed by atoms with Gasteiger partial charge in [-0.25, -0.2) is 4.79 Å². The van der Waals surface area contributed by atoms with Crippen molar-refractivity contribution in [2.75, 3.05) is 13.2 Å². The molecule has 2 amide bonds. The van der Waals surface area contributed by atoms with Crippen molar-refractivity contribution in [1.82, 2.24) is 14.8 Å². The number of hydrogen-bond acceptors (Lipinski definition) is 6. The van der Waals surface area contributed by atoms with Crippen molar-refractivity contribution in [3.8, 4) is 0 Å². The van der Waals surface area contributed by atoms with E-state index < -0.39 is 17.8 Å². The average molecular weight is 341 g/mol. The number of carbonyl (C=O) groups excluding carboxylic acids is 3. The lowest BCUT2D eigenvalue weighted by molar-refractivity contribution is -0.169. The van der Waals surface area contributed by atoms with E-state index in [2.05, 4.69) is 5.10 Å². The Hall–Kier alpha value is -3.00. The molecular formula is C17H15N3O5. The zero-order chi connectivity index (χ0) is 17.4. The van der Waals surface area contributed by atoms with Gasteiger partial charge in [0.1, 0.15) is 6.54 Å². The Bertz CT molecular complexity index is 818. The van der Waals surface area contributed by atoms with Crippen LogP contribution in [0.2, 0.25) is 0 Å². The first-order chi connectivity index (χ1) is 12.1. The third kappa shape index (κ3) is 2.80. The van der Waals surface area contributed by atoms with Gasteiger partial charge in [0, 0.05) is 18.7 Å². The lowest BCUT2D eigenvalue weighted by Gasteiger charge is -2.12.